The molecule has 7 nitrogen and oxygen atoms in total. The SMILES string of the molecule is CCC(CC)C(=O)N=C1S[C@H]2CS(=O)(=O)C[C@@H]2N1c1ccc2c(c1)OCO2. The summed E-state index contributed by atoms with van der Waals surface area (Å²) in [7, 11) is -3.09. The van der Waals surface area contributed by atoms with E-state index in [9.17, 15) is 13.2 Å². The average Bonchev–Trinajstić information content (AvgIpc) is 3.27. The number of hydrogen-bond donors (Lipinski definition) is 0. The third kappa shape index (κ3) is 3.42. The third-order valence-corrected chi connectivity index (χ3v) is 8.45. The lowest BCUT2D eigenvalue weighted by molar-refractivity contribution is -0.121. The van der Waals surface area contributed by atoms with Crippen LogP contribution in [-0.2, 0) is 14.6 Å². The molecule has 0 unspecified atom stereocenters. The molecule has 2 saturated heterocycles. The summed E-state index contributed by atoms with van der Waals surface area (Å²) in [6, 6.07) is 5.26. The van der Waals surface area contributed by atoms with Crippen LogP contribution in [0, 0.1) is 5.92 Å². The molecule has 0 radical (unpaired) electrons. The minimum atomic E-state index is -3.09. The predicted molar refractivity (Wildman–Crippen MR) is 105 cm³/mol. The summed E-state index contributed by atoms with van der Waals surface area (Å²) >= 11 is 1.39. The first-order valence-corrected chi connectivity index (χ1v) is 11.8. The van der Waals surface area contributed by atoms with Crippen LogP contribution in [0.5, 0.6) is 11.5 Å². The van der Waals surface area contributed by atoms with Gasteiger partial charge in [0.1, 0.15) is 0 Å². The first kappa shape index (κ1) is 18.6. The van der Waals surface area contributed by atoms with Crippen LogP contribution >= 0.6 is 11.8 Å². The Morgan fingerprint density at radius 3 is 2.74 bits per heavy atom. The van der Waals surface area contributed by atoms with E-state index in [2.05, 4.69) is 4.99 Å². The summed E-state index contributed by atoms with van der Waals surface area (Å²) in [4.78, 5) is 18.9. The van der Waals surface area contributed by atoms with Crippen molar-refractivity contribution in [3.8, 4) is 11.5 Å². The Balaban J connectivity index is 1.72. The lowest BCUT2D eigenvalue weighted by atomic mass is 10.0. The molecule has 2 atom stereocenters. The molecule has 3 heterocycles. The molecule has 3 aliphatic rings. The Bertz CT molecular complexity index is 895. The number of benzene rings is 1. The van der Waals surface area contributed by atoms with Crippen LogP contribution in [0.3, 0.4) is 0 Å². The van der Waals surface area contributed by atoms with E-state index in [0.29, 0.717) is 16.7 Å². The van der Waals surface area contributed by atoms with Crippen LogP contribution in [0.4, 0.5) is 5.69 Å². The van der Waals surface area contributed by atoms with Crippen molar-refractivity contribution in [2.24, 2.45) is 10.9 Å². The predicted octanol–water partition coefficient (Wildman–Crippen LogP) is 2.45. The molecule has 1 aromatic rings. The first-order valence-electron chi connectivity index (χ1n) is 9.10. The van der Waals surface area contributed by atoms with Crippen LogP contribution in [0.1, 0.15) is 26.7 Å². The van der Waals surface area contributed by atoms with Crippen molar-refractivity contribution < 1.29 is 22.7 Å². The van der Waals surface area contributed by atoms with Crippen LogP contribution in [0.15, 0.2) is 23.2 Å². The molecule has 9 heteroatoms. The van der Waals surface area contributed by atoms with Crippen LogP contribution in [0.25, 0.3) is 0 Å². The second-order valence-electron chi connectivity index (χ2n) is 6.95. The molecule has 3 aliphatic heterocycles. The van der Waals surface area contributed by atoms with Gasteiger partial charge in [-0.3, -0.25) is 4.79 Å². The van der Waals surface area contributed by atoms with Crippen molar-refractivity contribution in [3.05, 3.63) is 18.2 Å². The Kier molecular flexibility index (Phi) is 4.84. The van der Waals surface area contributed by atoms with Crippen molar-refractivity contribution in [2.75, 3.05) is 23.2 Å². The van der Waals surface area contributed by atoms with E-state index in [1.807, 2.05) is 30.9 Å². The van der Waals surface area contributed by atoms with Gasteiger partial charge < -0.3 is 14.4 Å². The quantitative estimate of drug-likeness (QED) is 0.754. The lowest BCUT2D eigenvalue weighted by Crippen LogP contribution is -2.37. The number of amides is 1. The maximum Gasteiger partial charge on any atom is 0.251 e. The molecular formula is C18H22N2O5S2. The van der Waals surface area contributed by atoms with Crippen LogP contribution in [0.2, 0.25) is 0 Å². The molecule has 146 valence electrons. The fraction of sp³-hybridized carbons (Fsp3) is 0.556. The molecule has 27 heavy (non-hydrogen) atoms. The maximum absolute atomic E-state index is 12.6. The van der Waals surface area contributed by atoms with E-state index < -0.39 is 9.84 Å². The number of hydrogen-bond acceptors (Lipinski definition) is 6. The summed E-state index contributed by atoms with van der Waals surface area (Å²) in [5, 5.41) is 0.462. The van der Waals surface area contributed by atoms with Gasteiger partial charge in [0.25, 0.3) is 5.91 Å². The number of fused-ring (bicyclic) bond motifs is 2. The fourth-order valence-electron chi connectivity index (χ4n) is 3.72. The van der Waals surface area contributed by atoms with Gasteiger partial charge in [0, 0.05) is 22.9 Å². The third-order valence-electron chi connectivity index (χ3n) is 5.24. The smallest absolute Gasteiger partial charge is 0.251 e. The van der Waals surface area contributed by atoms with E-state index in [4.69, 9.17) is 9.47 Å². The van der Waals surface area contributed by atoms with Gasteiger partial charge in [-0.25, -0.2) is 8.42 Å². The van der Waals surface area contributed by atoms with Crippen LogP contribution in [-0.4, -0.2) is 49.1 Å². The Morgan fingerprint density at radius 1 is 1.26 bits per heavy atom. The molecule has 2 fully saturated rings. The molecule has 0 aromatic heterocycles. The molecular weight excluding hydrogens is 388 g/mol. The van der Waals surface area contributed by atoms with Gasteiger partial charge in [-0.15, -0.1) is 0 Å². The summed E-state index contributed by atoms with van der Waals surface area (Å²) in [6.07, 6.45) is 1.48. The molecule has 1 aromatic carbocycles. The molecule has 0 aliphatic carbocycles. The summed E-state index contributed by atoms with van der Waals surface area (Å²) < 4.78 is 35.1. The maximum atomic E-state index is 12.6. The highest BCUT2D eigenvalue weighted by Gasteiger charge is 2.49. The summed E-state index contributed by atoms with van der Waals surface area (Å²) in [6.45, 7) is 4.12. The van der Waals surface area contributed by atoms with E-state index >= 15 is 0 Å². The van der Waals surface area contributed by atoms with Crippen molar-refractivity contribution in [1.29, 1.82) is 0 Å². The summed E-state index contributed by atoms with van der Waals surface area (Å²) in [5.41, 5.74) is 0.771. The minimum absolute atomic E-state index is 0.0668. The molecule has 0 bridgehead atoms. The highest BCUT2D eigenvalue weighted by atomic mass is 32.2. The molecule has 0 spiro atoms. The second kappa shape index (κ2) is 7.01. The Labute approximate surface area is 163 Å². The number of thioether (sulfide) groups is 1. The second-order valence-corrected chi connectivity index (χ2v) is 10.3. The largest absolute Gasteiger partial charge is 0.454 e. The average molecular weight is 411 g/mol. The van der Waals surface area contributed by atoms with E-state index in [0.717, 1.165) is 18.5 Å². The zero-order valence-corrected chi connectivity index (χ0v) is 16.9. The van der Waals surface area contributed by atoms with Crippen LogP contribution < -0.4 is 14.4 Å². The highest BCUT2D eigenvalue weighted by molar-refractivity contribution is 8.16. The summed E-state index contributed by atoms with van der Waals surface area (Å²) in [5.74, 6) is 1.20. The van der Waals surface area contributed by atoms with Gasteiger partial charge >= 0.3 is 0 Å². The number of aliphatic imine (C=N–C) groups is 1. The normalized spacial score (nSPS) is 26.8. The highest BCUT2D eigenvalue weighted by Crippen LogP contribution is 2.44. The number of amidine groups is 1. The van der Waals surface area contributed by atoms with E-state index in [1.54, 1.807) is 6.07 Å². The van der Waals surface area contributed by atoms with E-state index in [-0.39, 0.29) is 41.4 Å². The van der Waals surface area contributed by atoms with Gasteiger partial charge in [0.15, 0.2) is 26.5 Å². The fourth-order valence-corrected chi connectivity index (χ4v) is 7.64. The number of carbonyl (C=O) groups excluding carboxylic acids is 1. The van der Waals surface area contributed by atoms with Gasteiger partial charge in [-0.1, -0.05) is 25.6 Å². The zero-order chi connectivity index (χ0) is 19.2. The lowest BCUT2D eigenvalue weighted by Gasteiger charge is -2.25. The monoisotopic (exact) mass is 410 g/mol. The van der Waals surface area contributed by atoms with E-state index in [1.165, 1.54) is 11.8 Å². The number of ether oxygens (including phenoxy) is 2. The van der Waals surface area contributed by atoms with Gasteiger partial charge in [-0.2, -0.15) is 4.99 Å². The number of sulfone groups is 1. The van der Waals surface area contributed by atoms with Gasteiger partial charge in [-0.05, 0) is 25.0 Å². The van der Waals surface area contributed by atoms with Crippen molar-refractivity contribution >= 4 is 38.4 Å². The van der Waals surface area contributed by atoms with Gasteiger partial charge in [0.05, 0.1) is 17.5 Å². The number of carbonyl (C=O) groups is 1. The van der Waals surface area contributed by atoms with Crippen molar-refractivity contribution in [3.63, 3.8) is 0 Å². The number of rotatable bonds is 4. The molecule has 0 saturated carbocycles. The standard InChI is InChI=1S/C18H22N2O5S2/c1-3-11(4-2)17(21)19-18-20(13-8-27(22,23)9-16(13)26-18)12-5-6-14-15(7-12)25-10-24-14/h5-7,11,13,16H,3-4,8-10H2,1-2H3/t13-,16-/m0/s1. The molecule has 1 amide bonds. The molecule has 0 N–H and O–H groups in total. The first-order chi connectivity index (χ1) is 12.9. The van der Waals surface area contributed by atoms with Crippen molar-refractivity contribution in [2.45, 2.75) is 38.0 Å². The number of anilines is 1. The van der Waals surface area contributed by atoms with Crippen molar-refractivity contribution in [1.82, 2.24) is 0 Å². The molecule has 4 rings (SSSR count). The minimum Gasteiger partial charge on any atom is -0.454 e. The Hall–Kier alpha value is -1.74. The zero-order valence-electron chi connectivity index (χ0n) is 15.3. The van der Waals surface area contributed by atoms with Gasteiger partial charge in [0.2, 0.25) is 6.79 Å². The Morgan fingerprint density at radius 2 is 2.00 bits per heavy atom. The number of nitrogens with zero attached hydrogens (tertiary/aromatic N) is 2. The topological polar surface area (TPSA) is 85.3 Å².